The molecule has 0 bridgehead atoms. The van der Waals surface area contributed by atoms with Gasteiger partial charge >= 0.3 is 0 Å². The van der Waals surface area contributed by atoms with Gasteiger partial charge in [-0.1, -0.05) is 226 Å². The number of allylic oxidation sites excluding steroid dienone is 1. The average molecular weight is 966 g/mol. The Morgan fingerprint density at radius 1 is 0.394 bits per heavy atom. The van der Waals surface area contributed by atoms with Gasteiger partial charge < -0.3 is 0 Å². The van der Waals surface area contributed by atoms with Gasteiger partial charge in [-0.3, -0.25) is 0 Å². The van der Waals surface area contributed by atoms with E-state index < -0.39 is 5.41 Å². The quantitative estimate of drug-likeness (QED) is 0.0325. The van der Waals surface area contributed by atoms with Crippen molar-refractivity contribution < 1.29 is 0 Å². The number of terminal acetylenes is 2. The molecule has 0 N–H and O–H groups in total. The van der Waals surface area contributed by atoms with Gasteiger partial charge in [-0.2, -0.15) is 0 Å². The minimum Gasteiger partial charge on any atom is -0.120 e. The van der Waals surface area contributed by atoms with Crippen molar-refractivity contribution in [3.8, 4) is 83.9 Å². The molecule has 0 heteroatoms. The lowest BCUT2D eigenvalue weighted by molar-refractivity contribution is 0.0675. The third-order valence-corrected chi connectivity index (χ3v) is 14.5. The summed E-state index contributed by atoms with van der Waals surface area (Å²) in [6, 6.07) is 0. The molecule has 0 aliphatic heterocycles. The lowest BCUT2D eigenvalue weighted by Gasteiger charge is -2.49. The second-order valence-electron chi connectivity index (χ2n) is 20.9. The Morgan fingerprint density at radius 3 is 1.35 bits per heavy atom. The molecule has 3 unspecified atom stereocenters. The van der Waals surface area contributed by atoms with Crippen molar-refractivity contribution in [1.82, 2.24) is 0 Å². The van der Waals surface area contributed by atoms with Crippen molar-refractivity contribution in [2.45, 2.75) is 330 Å². The Labute approximate surface area is 446 Å². The second kappa shape index (κ2) is 52.8. The first kappa shape index (κ1) is 67.4. The standard InChI is InChI=1S/C71H112/c1-9-17-25-32-39-41-45-52-59-68(58-51-44-40-33-26-18-10-2)62-67-70(63-54-47-42-34-27-19-11-3,64-55-48-43-35-28-20-12-4)71(65-56-49-37-30-22-14-6,66-57-50-38-31-23-15-7)69(60-24-16-8)61-53-46-36-29-21-13-5/h2,6,67,69H,9,11-13,15-47,49,51,56,58,60,64-66H2,1,3-5,7-8H3. The van der Waals surface area contributed by atoms with Crippen LogP contribution < -0.4 is 0 Å². The molecule has 0 aliphatic carbocycles. The molecule has 71 heavy (non-hydrogen) atoms. The summed E-state index contributed by atoms with van der Waals surface area (Å²) in [4.78, 5) is 0. The summed E-state index contributed by atoms with van der Waals surface area (Å²) in [6.45, 7) is 13.8. The number of hydrogen-bond donors (Lipinski definition) is 0. The molecule has 0 amide bonds. The zero-order chi connectivity index (χ0) is 51.9. The second-order valence-corrected chi connectivity index (χ2v) is 20.9. The van der Waals surface area contributed by atoms with Crippen LogP contribution in [0.3, 0.4) is 0 Å². The molecular weight excluding hydrogens is 853 g/mol. The maximum absolute atomic E-state index is 5.77. The van der Waals surface area contributed by atoms with Gasteiger partial charge in [0.25, 0.3) is 0 Å². The topological polar surface area (TPSA) is 0 Å². The molecule has 0 saturated carbocycles. The van der Waals surface area contributed by atoms with Crippen molar-refractivity contribution in [2.75, 3.05) is 0 Å². The zero-order valence-electron chi connectivity index (χ0n) is 48.1. The molecule has 3 atom stereocenters. The van der Waals surface area contributed by atoms with Crippen LogP contribution in [0, 0.1) is 101 Å². The van der Waals surface area contributed by atoms with Crippen molar-refractivity contribution in [1.29, 1.82) is 0 Å². The minimum absolute atomic E-state index is 0.137. The molecule has 0 spiro atoms. The Kier molecular flexibility index (Phi) is 50.1. The van der Waals surface area contributed by atoms with Crippen LogP contribution in [0.25, 0.3) is 0 Å². The third kappa shape index (κ3) is 36.9. The average Bonchev–Trinajstić information content (AvgIpc) is 3.38. The van der Waals surface area contributed by atoms with E-state index in [1.807, 2.05) is 0 Å². The van der Waals surface area contributed by atoms with Crippen molar-refractivity contribution in [3.05, 3.63) is 17.4 Å². The first-order chi connectivity index (χ1) is 35.0. The fourth-order valence-electron chi connectivity index (χ4n) is 9.75. The van der Waals surface area contributed by atoms with Gasteiger partial charge in [-0.15, -0.1) is 65.9 Å². The summed E-state index contributed by atoms with van der Waals surface area (Å²) in [5, 5.41) is 0. The minimum atomic E-state index is -0.597. The largest absolute Gasteiger partial charge is 0.120 e. The first-order valence-electron chi connectivity index (χ1n) is 30.7. The van der Waals surface area contributed by atoms with Gasteiger partial charge in [-0.25, -0.2) is 0 Å². The molecule has 0 fully saturated rings. The molecule has 0 aromatic rings. The molecule has 0 aromatic carbocycles. The summed E-state index contributed by atoms with van der Waals surface area (Å²) < 4.78 is 0. The van der Waals surface area contributed by atoms with Gasteiger partial charge in [0.1, 0.15) is 0 Å². The molecule has 0 heterocycles. The number of unbranched alkanes of at least 4 members (excludes halogenated alkanes) is 32. The molecule has 396 valence electrons. The van der Waals surface area contributed by atoms with E-state index in [1.54, 1.807) is 0 Å². The predicted molar refractivity (Wildman–Crippen MR) is 318 cm³/mol. The predicted octanol–water partition coefficient (Wildman–Crippen LogP) is 21.6. The molecule has 0 saturated heterocycles. The highest BCUT2D eigenvalue weighted by Crippen LogP contribution is 2.56. The molecule has 0 nitrogen and oxygen atoms in total. The van der Waals surface area contributed by atoms with Crippen molar-refractivity contribution >= 4 is 0 Å². The van der Waals surface area contributed by atoms with E-state index in [0.29, 0.717) is 6.42 Å². The van der Waals surface area contributed by atoms with E-state index in [2.05, 4.69) is 124 Å². The molecule has 0 rings (SSSR count). The van der Waals surface area contributed by atoms with Gasteiger partial charge in [-0.05, 0) is 76.7 Å². The van der Waals surface area contributed by atoms with Crippen LogP contribution in [0.5, 0.6) is 0 Å². The monoisotopic (exact) mass is 965 g/mol. The lowest BCUT2D eigenvalue weighted by Crippen LogP contribution is -2.45. The first-order valence-corrected chi connectivity index (χ1v) is 30.7. The molecular formula is C71H112. The van der Waals surface area contributed by atoms with Gasteiger partial charge in [0.05, 0.1) is 5.41 Å². The van der Waals surface area contributed by atoms with Gasteiger partial charge in [0.2, 0.25) is 0 Å². The van der Waals surface area contributed by atoms with Crippen LogP contribution >= 0.6 is 0 Å². The Bertz CT molecular complexity index is 1720. The Balaban J connectivity index is 8.61. The van der Waals surface area contributed by atoms with Crippen LogP contribution in [-0.4, -0.2) is 0 Å². The van der Waals surface area contributed by atoms with Crippen LogP contribution in [0.15, 0.2) is 17.4 Å². The normalized spacial score (nSPS) is 12.5. The SMILES string of the molecule is C#CCCCCCCCC(=C=CC(C#CCCCCCCC)(CC#CCCCCCC)C(CC#CCCCCC)(CCCCCCC#C)C(C#CCCCCCC)CCCC)C#CCCCCCCCC. The van der Waals surface area contributed by atoms with E-state index in [9.17, 15) is 0 Å². The van der Waals surface area contributed by atoms with Crippen LogP contribution in [0.4, 0.5) is 0 Å². The fourth-order valence-corrected chi connectivity index (χ4v) is 9.75. The highest BCUT2D eigenvalue weighted by molar-refractivity contribution is 5.36. The van der Waals surface area contributed by atoms with Gasteiger partial charge in [0.15, 0.2) is 0 Å². The highest BCUT2D eigenvalue weighted by atomic mass is 14.5. The van der Waals surface area contributed by atoms with Crippen molar-refractivity contribution in [2.24, 2.45) is 16.7 Å². The van der Waals surface area contributed by atoms with Gasteiger partial charge in [0, 0.05) is 74.7 Å². The maximum atomic E-state index is 5.77. The smallest absolute Gasteiger partial charge is 0.0753 e. The van der Waals surface area contributed by atoms with E-state index in [-0.39, 0.29) is 11.3 Å². The highest BCUT2D eigenvalue weighted by Gasteiger charge is 2.52. The third-order valence-electron chi connectivity index (χ3n) is 14.5. The molecule has 0 radical (unpaired) electrons. The molecule has 0 aromatic heterocycles. The zero-order valence-corrected chi connectivity index (χ0v) is 48.1. The summed E-state index contributed by atoms with van der Waals surface area (Å²) in [5.74, 6) is 44.8. The van der Waals surface area contributed by atoms with E-state index in [1.165, 1.54) is 141 Å². The summed E-state index contributed by atoms with van der Waals surface area (Å²) in [6.07, 6.45) is 64.6. The van der Waals surface area contributed by atoms with Crippen LogP contribution in [0.2, 0.25) is 0 Å². The van der Waals surface area contributed by atoms with E-state index in [0.717, 1.165) is 147 Å². The van der Waals surface area contributed by atoms with E-state index >= 15 is 0 Å². The van der Waals surface area contributed by atoms with Crippen LogP contribution in [0.1, 0.15) is 330 Å². The summed E-state index contributed by atoms with van der Waals surface area (Å²) in [7, 11) is 0. The number of hydrogen-bond acceptors (Lipinski definition) is 0. The summed E-state index contributed by atoms with van der Waals surface area (Å²) >= 11 is 0. The van der Waals surface area contributed by atoms with Crippen molar-refractivity contribution in [3.63, 3.8) is 0 Å². The van der Waals surface area contributed by atoms with Crippen LogP contribution in [-0.2, 0) is 0 Å². The van der Waals surface area contributed by atoms with E-state index in [4.69, 9.17) is 12.8 Å². The maximum Gasteiger partial charge on any atom is 0.0753 e. The lowest BCUT2D eigenvalue weighted by atomic mass is 9.52. The summed E-state index contributed by atoms with van der Waals surface area (Å²) in [5.41, 5.74) is 4.28. The number of rotatable bonds is 43. The fraction of sp³-hybridized carbons (Fsp3) is 0.761. The Morgan fingerprint density at radius 2 is 0.803 bits per heavy atom. The molecule has 0 aliphatic rings. The Hall–Kier alpha value is -3.56.